The van der Waals surface area contributed by atoms with Crippen LogP contribution in [0.15, 0.2) is 185 Å². The van der Waals surface area contributed by atoms with Crippen molar-refractivity contribution in [2.24, 2.45) is 0 Å². The van der Waals surface area contributed by atoms with E-state index in [-0.39, 0.29) is 0 Å². The molecular weight excluding hydrogens is 691 g/mol. The van der Waals surface area contributed by atoms with Crippen molar-refractivity contribution in [3.63, 3.8) is 0 Å². The van der Waals surface area contributed by atoms with Crippen LogP contribution in [-0.4, -0.2) is 24.9 Å². The number of furan rings is 2. The minimum atomic E-state index is 0.468. The first kappa shape index (κ1) is 31.7. The molecule has 11 aromatic rings. The van der Waals surface area contributed by atoms with Crippen LogP contribution in [0.1, 0.15) is 0 Å². The fourth-order valence-corrected chi connectivity index (χ4v) is 7.57. The van der Waals surface area contributed by atoms with E-state index < -0.39 is 0 Å². The largest absolute Gasteiger partial charge is 0.456 e. The molecule has 7 aromatic carbocycles. The van der Waals surface area contributed by atoms with Crippen molar-refractivity contribution in [1.29, 1.82) is 0 Å². The van der Waals surface area contributed by atoms with Gasteiger partial charge >= 0.3 is 0 Å². The van der Waals surface area contributed by atoms with Gasteiger partial charge in [-0.15, -0.1) is 0 Å². The molecule has 0 saturated carbocycles. The molecule has 262 valence electrons. The zero-order valence-corrected chi connectivity index (χ0v) is 29.8. The summed E-state index contributed by atoms with van der Waals surface area (Å²) in [4.78, 5) is 25.7. The third-order valence-corrected chi connectivity index (χ3v) is 10.2. The Balaban J connectivity index is 1.15. The average Bonchev–Trinajstić information content (AvgIpc) is 3.86. The average molecular weight is 720 g/mol. The second-order valence-corrected chi connectivity index (χ2v) is 13.6. The van der Waals surface area contributed by atoms with Crippen LogP contribution in [-0.2, 0) is 0 Å². The maximum atomic E-state index is 6.66. The number of hydrogen-bond donors (Lipinski definition) is 0. The Morgan fingerprint density at radius 1 is 0.286 bits per heavy atom. The lowest BCUT2D eigenvalue weighted by Gasteiger charge is -2.11. The molecule has 0 aliphatic carbocycles. The molecule has 56 heavy (non-hydrogen) atoms. The molecule has 0 fully saturated rings. The van der Waals surface area contributed by atoms with E-state index in [2.05, 4.69) is 54.6 Å². The van der Waals surface area contributed by atoms with Crippen LogP contribution in [0.5, 0.6) is 0 Å². The second-order valence-electron chi connectivity index (χ2n) is 13.6. The first-order chi connectivity index (χ1) is 27.7. The van der Waals surface area contributed by atoms with E-state index >= 15 is 0 Å². The Morgan fingerprint density at radius 2 is 0.768 bits per heavy atom. The maximum Gasteiger partial charge on any atom is 0.231 e. The van der Waals surface area contributed by atoms with E-state index in [4.69, 9.17) is 33.8 Å². The van der Waals surface area contributed by atoms with Gasteiger partial charge in [-0.1, -0.05) is 158 Å². The van der Waals surface area contributed by atoms with Gasteiger partial charge < -0.3 is 8.83 Å². The molecule has 0 radical (unpaired) electrons. The molecule has 0 atom stereocenters. The fraction of sp³-hybridized carbons (Fsp3) is 0. The molecule has 0 aliphatic heterocycles. The summed E-state index contributed by atoms with van der Waals surface area (Å²) in [5.41, 5.74) is 10.1. The van der Waals surface area contributed by atoms with Gasteiger partial charge in [-0.3, -0.25) is 0 Å². The van der Waals surface area contributed by atoms with Crippen LogP contribution < -0.4 is 0 Å². The van der Waals surface area contributed by atoms with E-state index in [1.54, 1.807) is 0 Å². The second kappa shape index (κ2) is 13.0. The lowest BCUT2D eigenvalue weighted by molar-refractivity contribution is 0.653. The summed E-state index contributed by atoms with van der Waals surface area (Å²) in [6, 6.07) is 58.8. The first-order valence-corrected chi connectivity index (χ1v) is 18.4. The Bertz CT molecular complexity index is 3230. The maximum absolute atomic E-state index is 6.66. The molecule has 11 rings (SSSR count). The van der Waals surface area contributed by atoms with Gasteiger partial charge in [-0.2, -0.15) is 4.98 Å². The van der Waals surface area contributed by atoms with Crippen LogP contribution >= 0.6 is 0 Å². The number of benzene rings is 7. The quantitative estimate of drug-likeness (QED) is 0.169. The minimum Gasteiger partial charge on any atom is -0.456 e. The predicted octanol–water partition coefficient (Wildman–Crippen LogP) is 12.5. The highest BCUT2D eigenvalue weighted by Gasteiger charge is 2.24. The molecule has 7 heteroatoms. The Kier molecular flexibility index (Phi) is 7.35. The summed E-state index contributed by atoms with van der Waals surface area (Å²) >= 11 is 0. The zero-order valence-electron chi connectivity index (χ0n) is 29.8. The van der Waals surface area contributed by atoms with E-state index in [0.717, 1.165) is 77.3 Å². The molecular formula is C49H29N5O2. The van der Waals surface area contributed by atoms with E-state index in [1.807, 2.05) is 121 Å². The Morgan fingerprint density at radius 3 is 1.46 bits per heavy atom. The van der Waals surface area contributed by atoms with E-state index in [9.17, 15) is 0 Å². The van der Waals surface area contributed by atoms with Crippen molar-refractivity contribution in [3.05, 3.63) is 176 Å². The van der Waals surface area contributed by atoms with Crippen molar-refractivity contribution < 1.29 is 8.83 Å². The Labute approximate surface area is 320 Å². The summed E-state index contributed by atoms with van der Waals surface area (Å²) in [6.07, 6.45) is 0. The first-order valence-electron chi connectivity index (χ1n) is 18.4. The number of rotatable bonds is 6. The molecule has 7 nitrogen and oxygen atoms in total. The smallest absolute Gasteiger partial charge is 0.231 e. The standard InChI is InChI=1S/C49H29N5O2/c1-4-14-30(15-5-1)31-26-28-34(29-27-31)46-51-45(33-18-8-3-9-19-33)52-48(53-46)37-22-13-25-40-42(37)43-44(32-16-6-2-7-17-32)50-47(54-49(43)56-40)36-21-12-24-39-41(36)35-20-10-11-23-38(35)55-39/h1-29H. The lowest BCUT2D eigenvalue weighted by Crippen LogP contribution is -2.00. The number of fused-ring (bicyclic) bond motifs is 6. The molecule has 0 amide bonds. The highest BCUT2D eigenvalue weighted by molar-refractivity contribution is 6.17. The van der Waals surface area contributed by atoms with Crippen molar-refractivity contribution >= 4 is 44.0 Å². The molecule has 4 aromatic heterocycles. The SMILES string of the molecule is c1ccc(-c2ccc(-c3nc(-c4ccccc4)nc(-c4cccc5oc6nc(-c7cccc8oc9ccccc9c78)nc(-c7ccccc7)c6c45)n3)cc2)cc1. The van der Waals surface area contributed by atoms with Crippen LogP contribution in [0.3, 0.4) is 0 Å². The van der Waals surface area contributed by atoms with Gasteiger partial charge in [0.25, 0.3) is 0 Å². The lowest BCUT2D eigenvalue weighted by atomic mass is 10.0. The van der Waals surface area contributed by atoms with Crippen LogP contribution in [0.25, 0.3) is 112 Å². The van der Waals surface area contributed by atoms with Gasteiger partial charge in [0.2, 0.25) is 5.71 Å². The van der Waals surface area contributed by atoms with Crippen molar-refractivity contribution in [2.75, 3.05) is 0 Å². The summed E-state index contributed by atoms with van der Waals surface area (Å²) in [6.45, 7) is 0. The minimum absolute atomic E-state index is 0.468. The molecule has 0 spiro atoms. The van der Waals surface area contributed by atoms with E-state index in [0.29, 0.717) is 34.6 Å². The Hall–Kier alpha value is -7.77. The van der Waals surface area contributed by atoms with Crippen LogP contribution in [0.4, 0.5) is 0 Å². The van der Waals surface area contributed by atoms with Gasteiger partial charge in [-0.05, 0) is 29.3 Å². The molecule has 0 bridgehead atoms. The highest BCUT2D eigenvalue weighted by atomic mass is 16.3. The normalized spacial score (nSPS) is 11.6. The van der Waals surface area contributed by atoms with Crippen LogP contribution in [0, 0.1) is 0 Å². The van der Waals surface area contributed by atoms with E-state index in [1.165, 1.54) is 0 Å². The molecule has 0 aliphatic rings. The third kappa shape index (κ3) is 5.33. The monoisotopic (exact) mass is 719 g/mol. The molecule has 4 heterocycles. The van der Waals surface area contributed by atoms with Crippen molar-refractivity contribution in [1.82, 2.24) is 24.9 Å². The van der Waals surface area contributed by atoms with Crippen LogP contribution in [0.2, 0.25) is 0 Å². The summed E-state index contributed by atoms with van der Waals surface area (Å²) in [7, 11) is 0. The summed E-state index contributed by atoms with van der Waals surface area (Å²) in [5.74, 6) is 2.21. The molecule has 0 unspecified atom stereocenters. The van der Waals surface area contributed by atoms with Crippen molar-refractivity contribution in [2.45, 2.75) is 0 Å². The number of nitrogens with zero attached hydrogens (tertiary/aromatic N) is 5. The zero-order chi connectivity index (χ0) is 37.0. The number of para-hydroxylation sites is 1. The predicted molar refractivity (Wildman–Crippen MR) is 223 cm³/mol. The summed E-state index contributed by atoms with van der Waals surface area (Å²) < 4.78 is 12.9. The fourth-order valence-electron chi connectivity index (χ4n) is 7.57. The molecule has 0 N–H and O–H groups in total. The van der Waals surface area contributed by atoms with Gasteiger partial charge in [0, 0.05) is 44.0 Å². The van der Waals surface area contributed by atoms with Gasteiger partial charge in [0.15, 0.2) is 23.3 Å². The highest BCUT2D eigenvalue weighted by Crippen LogP contribution is 2.42. The van der Waals surface area contributed by atoms with Gasteiger partial charge in [0.1, 0.15) is 16.7 Å². The van der Waals surface area contributed by atoms with Crippen molar-refractivity contribution in [3.8, 4) is 67.9 Å². The number of hydrogen-bond acceptors (Lipinski definition) is 7. The summed E-state index contributed by atoms with van der Waals surface area (Å²) in [5, 5.41) is 3.58. The topological polar surface area (TPSA) is 90.7 Å². The molecule has 0 saturated heterocycles. The number of aromatic nitrogens is 5. The third-order valence-electron chi connectivity index (χ3n) is 10.2. The van der Waals surface area contributed by atoms with Gasteiger partial charge in [-0.25, -0.2) is 19.9 Å². The van der Waals surface area contributed by atoms with Gasteiger partial charge in [0.05, 0.1) is 11.1 Å².